The molecule has 0 aliphatic heterocycles. The Labute approximate surface area is 317 Å². The van der Waals surface area contributed by atoms with Gasteiger partial charge >= 0.3 is 0 Å². The summed E-state index contributed by atoms with van der Waals surface area (Å²) >= 11 is 0. The van der Waals surface area contributed by atoms with Gasteiger partial charge < -0.3 is 4.42 Å². The maximum Gasteiger partial charge on any atom is 0.135 e. The van der Waals surface area contributed by atoms with Gasteiger partial charge in [-0.1, -0.05) is 190 Å². The Morgan fingerprint density at radius 2 is 1.04 bits per heavy atom. The molecule has 0 bridgehead atoms. The Hall–Kier alpha value is -6.44. The summed E-state index contributed by atoms with van der Waals surface area (Å²) in [4.78, 5) is 0. The summed E-state index contributed by atoms with van der Waals surface area (Å²) in [6.07, 6.45) is 0.821. The van der Waals surface area contributed by atoms with E-state index in [4.69, 9.17) is 4.42 Å². The third-order valence-electron chi connectivity index (χ3n) is 11.8. The van der Waals surface area contributed by atoms with Gasteiger partial charge in [0.25, 0.3) is 0 Å². The lowest BCUT2D eigenvalue weighted by Gasteiger charge is -2.25. The monoisotopic (exact) mass is 692 g/mol. The predicted molar refractivity (Wildman–Crippen MR) is 226 cm³/mol. The molecule has 0 saturated heterocycles. The van der Waals surface area contributed by atoms with E-state index in [1.54, 1.807) is 0 Å². The highest BCUT2D eigenvalue weighted by molar-refractivity contribution is 6.07. The molecular formula is C53H40O. The second-order valence-corrected chi connectivity index (χ2v) is 15.2. The normalized spacial score (nSPS) is 13.5. The van der Waals surface area contributed by atoms with Gasteiger partial charge in [-0.05, 0) is 90.9 Å². The number of rotatable bonds is 7. The van der Waals surface area contributed by atoms with E-state index < -0.39 is 0 Å². The summed E-state index contributed by atoms with van der Waals surface area (Å²) in [6.45, 7) is 4.75. The Morgan fingerprint density at radius 3 is 1.83 bits per heavy atom. The molecule has 8 aromatic carbocycles. The molecule has 258 valence electrons. The average Bonchev–Trinajstić information content (AvgIpc) is 3.72. The highest BCUT2D eigenvalue weighted by Gasteiger charge is 2.36. The van der Waals surface area contributed by atoms with Crippen LogP contribution >= 0.6 is 0 Å². The van der Waals surface area contributed by atoms with E-state index in [9.17, 15) is 0 Å². The van der Waals surface area contributed by atoms with Crippen LogP contribution in [0.2, 0.25) is 0 Å². The Balaban J connectivity index is 1.18. The van der Waals surface area contributed by atoms with Gasteiger partial charge in [-0.3, -0.25) is 0 Å². The van der Waals surface area contributed by atoms with Crippen LogP contribution < -0.4 is 0 Å². The molecule has 10 rings (SSSR count). The van der Waals surface area contributed by atoms with Crippen molar-refractivity contribution in [2.75, 3.05) is 0 Å². The van der Waals surface area contributed by atoms with Crippen molar-refractivity contribution in [3.63, 3.8) is 0 Å². The van der Waals surface area contributed by atoms with Crippen LogP contribution in [-0.4, -0.2) is 0 Å². The number of furan rings is 1. The summed E-state index contributed by atoms with van der Waals surface area (Å²) < 4.78 is 6.50. The molecule has 0 spiro atoms. The summed E-state index contributed by atoms with van der Waals surface area (Å²) in [5.74, 6) is 0.0629. The van der Waals surface area contributed by atoms with E-state index in [0.29, 0.717) is 0 Å². The topological polar surface area (TPSA) is 13.1 Å². The van der Waals surface area contributed by atoms with E-state index in [0.717, 1.165) is 23.0 Å². The summed E-state index contributed by atoms with van der Waals surface area (Å²) in [6, 6.07) is 68.9. The predicted octanol–water partition coefficient (Wildman–Crippen LogP) is 14.3. The molecule has 1 aliphatic rings. The highest BCUT2D eigenvalue weighted by atomic mass is 16.3. The molecule has 1 heterocycles. The second kappa shape index (κ2) is 12.9. The van der Waals surface area contributed by atoms with Crippen molar-refractivity contribution in [1.82, 2.24) is 0 Å². The number of benzene rings is 8. The number of fused-ring (bicyclic) bond motifs is 6. The zero-order chi connectivity index (χ0) is 36.2. The summed E-state index contributed by atoms with van der Waals surface area (Å²) in [7, 11) is 0. The first kappa shape index (κ1) is 32.2. The Bertz CT molecular complexity index is 2800. The number of para-hydroxylation sites is 1. The fourth-order valence-electron chi connectivity index (χ4n) is 8.99. The lowest BCUT2D eigenvalue weighted by molar-refractivity contribution is 0.657. The first-order chi connectivity index (χ1) is 26.5. The van der Waals surface area contributed by atoms with Crippen molar-refractivity contribution in [1.29, 1.82) is 0 Å². The zero-order valence-electron chi connectivity index (χ0n) is 30.6. The van der Waals surface area contributed by atoms with E-state index in [1.165, 1.54) is 77.7 Å². The van der Waals surface area contributed by atoms with Crippen molar-refractivity contribution in [2.24, 2.45) is 0 Å². The van der Waals surface area contributed by atoms with Crippen molar-refractivity contribution >= 4 is 21.9 Å². The molecule has 0 N–H and O–H groups in total. The minimum atomic E-state index is -0.0975. The Morgan fingerprint density at radius 1 is 0.444 bits per heavy atom. The largest absolute Gasteiger partial charge is 0.456 e. The van der Waals surface area contributed by atoms with Crippen LogP contribution in [0.4, 0.5) is 0 Å². The maximum atomic E-state index is 6.50. The smallest absolute Gasteiger partial charge is 0.135 e. The average molecular weight is 693 g/mol. The third-order valence-corrected chi connectivity index (χ3v) is 11.8. The fourth-order valence-corrected chi connectivity index (χ4v) is 8.99. The zero-order valence-corrected chi connectivity index (χ0v) is 30.6. The molecule has 1 unspecified atom stereocenters. The van der Waals surface area contributed by atoms with Gasteiger partial charge in [0.1, 0.15) is 11.2 Å². The van der Waals surface area contributed by atoms with E-state index in [-0.39, 0.29) is 11.3 Å². The lowest BCUT2D eigenvalue weighted by Crippen LogP contribution is -2.16. The molecule has 54 heavy (non-hydrogen) atoms. The standard InChI is InChI=1S/C53H40O/c1-53(2)48-21-11-9-18-43(48)44-31-29-40(34-49(44)53)47(45-20-13-23-51-52(45)46-19-10-12-22-50(46)54-51)33-41-32-39(36-16-7-4-8-17-36)28-30-42(41)38-26-24-37(25-27-38)35-14-5-3-6-15-35/h3-32,34,47H,33H2,1-2H3. The Kier molecular flexibility index (Phi) is 7.70. The molecule has 0 fully saturated rings. The third kappa shape index (κ3) is 5.39. The van der Waals surface area contributed by atoms with Gasteiger partial charge in [0.05, 0.1) is 0 Å². The minimum Gasteiger partial charge on any atom is -0.456 e. The second-order valence-electron chi connectivity index (χ2n) is 15.2. The van der Waals surface area contributed by atoms with E-state index in [1.807, 2.05) is 0 Å². The van der Waals surface area contributed by atoms with Crippen LogP contribution in [0.15, 0.2) is 192 Å². The van der Waals surface area contributed by atoms with Gasteiger partial charge in [-0.2, -0.15) is 0 Å². The molecule has 1 aliphatic carbocycles. The van der Waals surface area contributed by atoms with Gasteiger partial charge in [0, 0.05) is 22.1 Å². The molecule has 1 heteroatoms. The van der Waals surface area contributed by atoms with Crippen LogP contribution in [-0.2, 0) is 11.8 Å². The summed E-state index contributed by atoms with van der Waals surface area (Å²) in [5, 5.41) is 2.37. The number of hydrogen-bond acceptors (Lipinski definition) is 1. The fraction of sp³-hybridized carbons (Fsp3) is 0.0943. The summed E-state index contributed by atoms with van der Waals surface area (Å²) in [5.41, 5.74) is 18.6. The molecular weight excluding hydrogens is 653 g/mol. The molecule has 1 nitrogen and oxygen atoms in total. The van der Waals surface area contributed by atoms with E-state index >= 15 is 0 Å². The van der Waals surface area contributed by atoms with Crippen LogP contribution in [0.1, 0.15) is 47.6 Å². The van der Waals surface area contributed by atoms with Gasteiger partial charge in [-0.25, -0.2) is 0 Å². The van der Waals surface area contributed by atoms with Crippen LogP contribution in [0.5, 0.6) is 0 Å². The first-order valence-electron chi connectivity index (χ1n) is 19.0. The van der Waals surface area contributed by atoms with Gasteiger partial charge in [0.2, 0.25) is 0 Å². The van der Waals surface area contributed by atoms with Crippen molar-refractivity contribution in [2.45, 2.75) is 31.6 Å². The van der Waals surface area contributed by atoms with Gasteiger partial charge in [0.15, 0.2) is 0 Å². The molecule has 9 aromatic rings. The quantitative estimate of drug-likeness (QED) is 0.162. The highest BCUT2D eigenvalue weighted by Crippen LogP contribution is 2.50. The van der Waals surface area contributed by atoms with Crippen LogP contribution in [0.3, 0.4) is 0 Å². The molecule has 0 saturated carbocycles. The molecule has 1 aromatic heterocycles. The molecule has 0 amide bonds. The molecule has 0 radical (unpaired) electrons. The lowest BCUT2D eigenvalue weighted by atomic mass is 9.78. The van der Waals surface area contributed by atoms with Gasteiger partial charge in [-0.15, -0.1) is 0 Å². The van der Waals surface area contributed by atoms with Crippen molar-refractivity contribution in [3.8, 4) is 44.5 Å². The first-order valence-corrected chi connectivity index (χ1v) is 19.0. The van der Waals surface area contributed by atoms with Crippen LogP contribution in [0, 0.1) is 0 Å². The van der Waals surface area contributed by atoms with Crippen molar-refractivity contribution in [3.05, 3.63) is 216 Å². The maximum absolute atomic E-state index is 6.50. The molecule has 1 atom stereocenters. The SMILES string of the molecule is CC1(C)c2ccccc2-c2ccc(C(Cc3cc(-c4ccccc4)ccc3-c3ccc(-c4ccccc4)cc3)c3cccc4oc5ccccc5c34)cc21. The van der Waals surface area contributed by atoms with Crippen molar-refractivity contribution < 1.29 is 4.42 Å². The number of hydrogen-bond donors (Lipinski definition) is 0. The van der Waals surface area contributed by atoms with Crippen LogP contribution in [0.25, 0.3) is 66.4 Å². The minimum absolute atomic E-state index is 0.0629. The van der Waals surface area contributed by atoms with E-state index in [2.05, 4.69) is 202 Å².